The first kappa shape index (κ1) is 36.3. The predicted octanol–water partition coefficient (Wildman–Crippen LogP) is 7.95. The van der Waals surface area contributed by atoms with Gasteiger partial charge in [0, 0.05) is 6.04 Å². The second-order valence-corrected chi connectivity index (χ2v) is 17.2. The minimum absolute atomic E-state index is 0.165. The molecule has 5 heteroatoms. The summed E-state index contributed by atoms with van der Waals surface area (Å²) in [6.07, 6.45) is 16.6. The Balaban J connectivity index is 1.26. The van der Waals surface area contributed by atoms with Crippen LogP contribution in [0.4, 0.5) is 0 Å². The zero-order valence-corrected chi connectivity index (χ0v) is 30.3. The van der Waals surface area contributed by atoms with Gasteiger partial charge in [-0.15, -0.1) is 0 Å². The van der Waals surface area contributed by atoms with Crippen molar-refractivity contribution in [2.45, 2.75) is 143 Å². The summed E-state index contributed by atoms with van der Waals surface area (Å²) >= 11 is 0. The van der Waals surface area contributed by atoms with Gasteiger partial charge in [0.25, 0.3) is 0 Å². The normalized spacial score (nSPS) is 37.0. The van der Waals surface area contributed by atoms with E-state index in [9.17, 15) is 5.11 Å². The minimum Gasteiger partial charge on any atom is -0.393 e. The van der Waals surface area contributed by atoms with E-state index in [0.717, 1.165) is 75.7 Å². The Labute approximate surface area is 283 Å². The van der Waals surface area contributed by atoms with Gasteiger partial charge in [-0.3, -0.25) is 0 Å². The molecule has 0 saturated heterocycles. The van der Waals surface area contributed by atoms with Gasteiger partial charge in [-0.05, 0) is 167 Å². The van der Waals surface area contributed by atoms with E-state index < -0.39 is 0 Å². The van der Waals surface area contributed by atoms with Gasteiger partial charge in [0.15, 0.2) is 0 Å². The quantitative estimate of drug-likeness (QED) is 0.130. The van der Waals surface area contributed by atoms with Crippen molar-refractivity contribution >= 4 is 0 Å². The molecule has 262 valence electrons. The molecule has 46 heavy (non-hydrogen) atoms. The standard InChI is InChI=1S/C41H71N3O2/c1-29(2)37(45)17-14-30(3)34-15-16-35-39-36(19-21-41(34,35)5)40(4)20-18-33(44-25-11-24-43-23-10-9-22-42)26-32(40)27-38(39)46-28-31-12-7-6-8-13-31/h6-8,12-13,29-30,32-39,43-45H,9-11,14-28,42H2,1-5H3/t30-,32?,33?,34-,35+,36+,37?,38?,39+,40+,41-/m1/s1. The van der Waals surface area contributed by atoms with Crippen molar-refractivity contribution in [3.8, 4) is 0 Å². The summed E-state index contributed by atoms with van der Waals surface area (Å²) in [6, 6.07) is 11.6. The summed E-state index contributed by atoms with van der Waals surface area (Å²) < 4.78 is 7.11. The maximum absolute atomic E-state index is 10.6. The Hall–Kier alpha value is -0.980. The average molecular weight is 638 g/mol. The van der Waals surface area contributed by atoms with Crippen molar-refractivity contribution in [3.63, 3.8) is 0 Å². The first-order chi connectivity index (χ1) is 22.2. The van der Waals surface area contributed by atoms with Gasteiger partial charge in [0.2, 0.25) is 0 Å². The van der Waals surface area contributed by atoms with Crippen LogP contribution in [-0.2, 0) is 11.3 Å². The van der Waals surface area contributed by atoms with Gasteiger partial charge in [0.05, 0.1) is 18.8 Å². The molecule has 5 rings (SSSR count). The summed E-state index contributed by atoms with van der Waals surface area (Å²) in [7, 11) is 0. The molecule has 0 bridgehead atoms. The fourth-order valence-corrected chi connectivity index (χ4v) is 11.3. The number of nitrogens with one attached hydrogen (secondary N) is 2. The molecular formula is C41H71N3O2. The minimum atomic E-state index is -0.165. The van der Waals surface area contributed by atoms with E-state index in [-0.39, 0.29) is 6.10 Å². The SMILES string of the molecule is CC(C)C(O)CC[C@@H](C)[C@H]1CC[C@H]2[C@@H]3C(OCc4ccccc4)CC4CC(NCCCNCCCCN)CC[C@]4(C)[C@H]3CC[C@]12C. The van der Waals surface area contributed by atoms with Crippen LogP contribution in [0.25, 0.3) is 0 Å². The number of hydrogen-bond acceptors (Lipinski definition) is 5. The van der Waals surface area contributed by atoms with E-state index in [1.165, 1.54) is 69.8 Å². The van der Waals surface area contributed by atoms with E-state index in [0.29, 0.717) is 40.7 Å². The van der Waals surface area contributed by atoms with Crippen LogP contribution in [0.5, 0.6) is 0 Å². The van der Waals surface area contributed by atoms with Crippen molar-refractivity contribution in [2.75, 3.05) is 26.2 Å². The Morgan fingerprint density at radius 1 is 0.870 bits per heavy atom. The van der Waals surface area contributed by atoms with Crippen LogP contribution in [-0.4, -0.2) is 49.5 Å². The molecule has 4 saturated carbocycles. The fourth-order valence-electron chi connectivity index (χ4n) is 11.3. The van der Waals surface area contributed by atoms with E-state index in [1.807, 2.05) is 0 Å². The van der Waals surface area contributed by atoms with Crippen LogP contribution in [0.1, 0.15) is 124 Å². The molecule has 0 spiro atoms. The van der Waals surface area contributed by atoms with Crippen molar-refractivity contribution in [1.82, 2.24) is 10.6 Å². The van der Waals surface area contributed by atoms with Crippen LogP contribution in [0.3, 0.4) is 0 Å². The lowest BCUT2D eigenvalue weighted by Gasteiger charge is -2.63. The fraction of sp³-hybridized carbons (Fsp3) is 0.854. The number of aliphatic hydroxyl groups is 1. The highest BCUT2D eigenvalue weighted by atomic mass is 16.5. The molecule has 5 N–H and O–H groups in total. The van der Waals surface area contributed by atoms with Crippen molar-refractivity contribution in [3.05, 3.63) is 35.9 Å². The van der Waals surface area contributed by atoms with Crippen LogP contribution in [0.2, 0.25) is 0 Å². The average Bonchev–Trinajstić information content (AvgIpc) is 3.41. The third-order valence-corrected chi connectivity index (χ3v) is 14.2. The third kappa shape index (κ3) is 8.24. The molecule has 4 unspecified atom stereocenters. The highest BCUT2D eigenvalue weighted by molar-refractivity contribution is 5.15. The first-order valence-electron chi connectivity index (χ1n) is 19.6. The molecule has 0 heterocycles. The monoisotopic (exact) mass is 638 g/mol. The Bertz CT molecular complexity index is 1040. The lowest BCUT2D eigenvalue weighted by molar-refractivity contribution is -0.185. The molecule has 0 aromatic heterocycles. The van der Waals surface area contributed by atoms with Gasteiger partial charge in [0.1, 0.15) is 0 Å². The molecule has 1 aromatic rings. The molecule has 4 aliphatic rings. The Morgan fingerprint density at radius 3 is 2.37 bits per heavy atom. The van der Waals surface area contributed by atoms with Gasteiger partial charge in [-0.25, -0.2) is 0 Å². The number of hydrogen-bond donors (Lipinski definition) is 4. The number of unbranched alkanes of at least 4 members (excludes halogenated alkanes) is 1. The third-order valence-electron chi connectivity index (χ3n) is 14.2. The van der Waals surface area contributed by atoms with E-state index in [2.05, 4.69) is 75.6 Å². The summed E-state index contributed by atoms with van der Waals surface area (Å²) in [5.74, 6) is 4.77. The van der Waals surface area contributed by atoms with E-state index in [1.54, 1.807) is 0 Å². The maximum Gasteiger partial charge on any atom is 0.0720 e. The lowest BCUT2D eigenvalue weighted by atomic mass is 9.43. The van der Waals surface area contributed by atoms with Gasteiger partial charge in [-0.1, -0.05) is 65.0 Å². The zero-order chi connectivity index (χ0) is 32.7. The van der Waals surface area contributed by atoms with Gasteiger partial charge >= 0.3 is 0 Å². The molecule has 4 aliphatic carbocycles. The Kier molecular flexibility index (Phi) is 13.1. The highest BCUT2D eigenvalue weighted by Gasteiger charge is 2.63. The molecule has 5 nitrogen and oxygen atoms in total. The maximum atomic E-state index is 10.6. The molecule has 11 atom stereocenters. The number of rotatable bonds is 17. The number of benzene rings is 1. The molecule has 0 amide bonds. The Morgan fingerprint density at radius 2 is 1.61 bits per heavy atom. The van der Waals surface area contributed by atoms with Crippen LogP contribution < -0.4 is 16.4 Å². The highest BCUT2D eigenvalue weighted by Crippen LogP contribution is 2.68. The zero-order valence-electron chi connectivity index (χ0n) is 30.3. The summed E-state index contributed by atoms with van der Waals surface area (Å²) in [5, 5.41) is 18.2. The van der Waals surface area contributed by atoms with Crippen molar-refractivity contribution < 1.29 is 9.84 Å². The number of ether oxygens (including phenoxy) is 1. The number of aliphatic hydroxyl groups excluding tert-OH is 1. The summed E-state index contributed by atoms with van der Waals surface area (Å²) in [5.41, 5.74) is 7.79. The lowest BCUT2D eigenvalue weighted by Crippen LogP contribution is -2.60. The summed E-state index contributed by atoms with van der Waals surface area (Å²) in [4.78, 5) is 0. The smallest absolute Gasteiger partial charge is 0.0720 e. The van der Waals surface area contributed by atoms with Gasteiger partial charge < -0.3 is 26.2 Å². The van der Waals surface area contributed by atoms with E-state index >= 15 is 0 Å². The molecule has 0 aliphatic heterocycles. The van der Waals surface area contributed by atoms with Crippen molar-refractivity contribution in [2.24, 2.45) is 58.0 Å². The van der Waals surface area contributed by atoms with Crippen LogP contribution in [0.15, 0.2) is 30.3 Å². The molecule has 1 aromatic carbocycles. The van der Waals surface area contributed by atoms with Crippen LogP contribution in [0, 0.1) is 52.3 Å². The second-order valence-electron chi connectivity index (χ2n) is 17.2. The number of nitrogens with two attached hydrogens (primary N) is 1. The predicted molar refractivity (Wildman–Crippen MR) is 192 cm³/mol. The second kappa shape index (κ2) is 16.6. The number of fused-ring (bicyclic) bond motifs is 5. The molecular weight excluding hydrogens is 566 g/mol. The molecule has 0 radical (unpaired) electrons. The van der Waals surface area contributed by atoms with E-state index in [4.69, 9.17) is 10.5 Å². The summed E-state index contributed by atoms with van der Waals surface area (Å²) in [6.45, 7) is 17.1. The van der Waals surface area contributed by atoms with Crippen LogP contribution >= 0.6 is 0 Å². The first-order valence-corrected chi connectivity index (χ1v) is 19.6. The topological polar surface area (TPSA) is 79.5 Å². The van der Waals surface area contributed by atoms with Gasteiger partial charge in [-0.2, -0.15) is 0 Å². The molecule has 4 fully saturated rings. The largest absolute Gasteiger partial charge is 0.393 e. The van der Waals surface area contributed by atoms with Crippen molar-refractivity contribution in [1.29, 1.82) is 0 Å².